The van der Waals surface area contributed by atoms with E-state index in [2.05, 4.69) is 6.58 Å². The van der Waals surface area contributed by atoms with Crippen molar-refractivity contribution in [3.63, 3.8) is 0 Å². The van der Waals surface area contributed by atoms with Crippen LogP contribution in [-0.2, 0) is 9.53 Å². The van der Waals surface area contributed by atoms with Crippen molar-refractivity contribution in [1.29, 1.82) is 0 Å². The van der Waals surface area contributed by atoms with Gasteiger partial charge in [-0.25, -0.2) is 0 Å². The summed E-state index contributed by atoms with van der Waals surface area (Å²) in [6, 6.07) is 7.36. The van der Waals surface area contributed by atoms with Gasteiger partial charge in [0, 0.05) is 0 Å². The zero-order chi connectivity index (χ0) is 17.0. The van der Waals surface area contributed by atoms with Crippen molar-refractivity contribution in [2.24, 2.45) is 0 Å². The van der Waals surface area contributed by atoms with Gasteiger partial charge in [-0.15, -0.1) is 0 Å². The van der Waals surface area contributed by atoms with E-state index in [9.17, 15) is 9.90 Å². The third-order valence-electron chi connectivity index (χ3n) is 3.60. The number of hydrogen-bond acceptors (Lipinski definition) is 4. The fourth-order valence-corrected chi connectivity index (χ4v) is 1.66. The van der Waals surface area contributed by atoms with Crippen molar-refractivity contribution in [3.05, 3.63) is 36.4 Å². The lowest BCUT2D eigenvalue weighted by Gasteiger charge is -2.22. The number of ketones is 1. The highest BCUT2D eigenvalue weighted by atomic mass is 16.5. The molecule has 0 atom stereocenters. The zero-order valence-electron chi connectivity index (χ0n) is 14.1. The van der Waals surface area contributed by atoms with Gasteiger partial charge in [-0.3, -0.25) is 4.79 Å². The topological polar surface area (TPSA) is 55.8 Å². The van der Waals surface area contributed by atoms with Gasteiger partial charge in [-0.1, -0.05) is 18.7 Å². The van der Waals surface area contributed by atoms with Crippen LogP contribution in [0.1, 0.15) is 40.2 Å². The second-order valence-electron chi connectivity index (χ2n) is 6.33. The molecule has 0 radical (unpaired) electrons. The van der Waals surface area contributed by atoms with Gasteiger partial charge in [-0.2, -0.15) is 0 Å². The molecule has 0 aliphatic heterocycles. The average molecular weight is 306 g/mol. The SMILES string of the molecule is C=C(c1ccc(OCCOC(C)(C)C(C)=O)cc1)C(C)(C)O. The van der Waals surface area contributed by atoms with Gasteiger partial charge in [-0.05, 0) is 57.9 Å². The van der Waals surface area contributed by atoms with Gasteiger partial charge < -0.3 is 14.6 Å². The van der Waals surface area contributed by atoms with Crippen molar-refractivity contribution in [2.45, 2.75) is 45.8 Å². The van der Waals surface area contributed by atoms with E-state index in [0.29, 0.717) is 24.5 Å². The molecule has 22 heavy (non-hydrogen) atoms. The number of rotatable bonds is 8. The zero-order valence-corrected chi connectivity index (χ0v) is 14.1. The normalized spacial score (nSPS) is 12.1. The van der Waals surface area contributed by atoms with E-state index in [4.69, 9.17) is 9.47 Å². The lowest BCUT2D eigenvalue weighted by molar-refractivity contribution is -0.138. The fraction of sp³-hybridized carbons (Fsp3) is 0.500. The van der Waals surface area contributed by atoms with Gasteiger partial charge in [0.05, 0.1) is 12.2 Å². The fourth-order valence-electron chi connectivity index (χ4n) is 1.66. The molecule has 4 heteroatoms. The highest BCUT2D eigenvalue weighted by Gasteiger charge is 2.23. The highest BCUT2D eigenvalue weighted by Crippen LogP contribution is 2.26. The minimum Gasteiger partial charge on any atom is -0.491 e. The Labute approximate surface area is 132 Å². The summed E-state index contributed by atoms with van der Waals surface area (Å²) in [6.45, 7) is 13.0. The Balaban J connectivity index is 2.49. The maximum Gasteiger partial charge on any atom is 0.160 e. The number of carbonyl (C=O) groups excluding carboxylic acids is 1. The van der Waals surface area contributed by atoms with Crippen LogP contribution >= 0.6 is 0 Å². The standard InChI is InChI=1S/C18H26O4/c1-13(17(3,4)20)15-7-9-16(10-8-15)21-11-12-22-18(5,6)14(2)19/h7-10,20H,1,11-12H2,2-6H3. The Morgan fingerprint density at radius 3 is 2.14 bits per heavy atom. The molecular weight excluding hydrogens is 280 g/mol. The number of ether oxygens (including phenoxy) is 2. The molecule has 0 spiro atoms. The number of carbonyl (C=O) groups is 1. The van der Waals surface area contributed by atoms with E-state index >= 15 is 0 Å². The van der Waals surface area contributed by atoms with Crippen molar-refractivity contribution in [2.75, 3.05) is 13.2 Å². The van der Waals surface area contributed by atoms with Gasteiger partial charge >= 0.3 is 0 Å². The molecule has 1 aromatic rings. The minimum atomic E-state index is -0.950. The minimum absolute atomic E-state index is 0.0121. The first-order chi connectivity index (χ1) is 10.0. The molecule has 0 aromatic heterocycles. The third kappa shape index (κ3) is 5.28. The Morgan fingerprint density at radius 2 is 1.68 bits per heavy atom. The van der Waals surface area contributed by atoms with Crippen molar-refractivity contribution in [1.82, 2.24) is 0 Å². The predicted molar refractivity (Wildman–Crippen MR) is 88.0 cm³/mol. The molecular formula is C18H26O4. The van der Waals surface area contributed by atoms with Crippen LogP contribution < -0.4 is 4.74 Å². The van der Waals surface area contributed by atoms with E-state index in [1.54, 1.807) is 27.7 Å². The quantitative estimate of drug-likeness (QED) is 0.749. The summed E-state index contributed by atoms with van der Waals surface area (Å²) in [6.07, 6.45) is 0. The van der Waals surface area contributed by atoms with E-state index in [1.165, 1.54) is 6.92 Å². The Kier molecular flexibility index (Phi) is 5.92. The van der Waals surface area contributed by atoms with Crippen LogP contribution in [0.3, 0.4) is 0 Å². The molecule has 0 aliphatic carbocycles. The average Bonchev–Trinajstić information content (AvgIpc) is 2.42. The first-order valence-corrected chi connectivity index (χ1v) is 7.34. The van der Waals surface area contributed by atoms with Crippen LogP contribution in [0.25, 0.3) is 5.57 Å². The molecule has 1 rings (SSSR count). The van der Waals surface area contributed by atoms with E-state index in [0.717, 1.165) is 5.56 Å². The summed E-state index contributed by atoms with van der Waals surface area (Å²) in [5.74, 6) is 0.693. The summed E-state index contributed by atoms with van der Waals surface area (Å²) < 4.78 is 11.1. The molecule has 4 nitrogen and oxygen atoms in total. The molecule has 0 fully saturated rings. The van der Waals surface area contributed by atoms with E-state index < -0.39 is 11.2 Å². The molecule has 0 heterocycles. The van der Waals surface area contributed by atoms with E-state index in [1.807, 2.05) is 24.3 Å². The smallest absolute Gasteiger partial charge is 0.160 e. The van der Waals surface area contributed by atoms with Crippen LogP contribution in [0.5, 0.6) is 5.75 Å². The van der Waals surface area contributed by atoms with Crippen molar-refractivity contribution in [3.8, 4) is 5.75 Å². The van der Waals surface area contributed by atoms with Crippen molar-refractivity contribution >= 4 is 11.4 Å². The molecule has 0 saturated carbocycles. The maximum absolute atomic E-state index is 11.3. The first-order valence-electron chi connectivity index (χ1n) is 7.34. The largest absolute Gasteiger partial charge is 0.491 e. The predicted octanol–water partition coefficient (Wildman–Crippen LogP) is 3.23. The highest BCUT2D eigenvalue weighted by molar-refractivity contribution is 5.83. The Morgan fingerprint density at radius 1 is 1.14 bits per heavy atom. The summed E-state index contributed by atoms with van der Waals surface area (Å²) >= 11 is 0. The van der Waals surface area contributed by atoms with Crippen LogP contribution in [-0.4, -0.2) is 35.3 Å². The van der Waals surface area contributed by atoms with Gasteiger partial charge in [0.15, 0.2) is 5.78 Å². The molecule has 0 saturated heterocycles. The van der Waals surface area contributed by atoms with Gasteiger partial charge in [0.2, 0.25) is 0 Å². The monoisotopic (exact) mass is 306 g/mol. The number of benzene rings is 1. The lowest BCUT2D eigenvalue weighted by atomic mass is 9.93. The summed E-state index contributed by atoms with van der Waals surface area (Å²) in [4.78, 5) is 11.3. The summed E-state index contributed by atoms with van der Waals surface area (Å²) in [5, 5.41) is 9.93. The number of aliphatic hydroxyl groups is 1. The molecule has 1 N–H and O–H groups in total. The second-order valence-corrected chi connectivity index (χ2v) is 6.33. The molecule has 0 bridgehead atoms. The number of Topliss-reactive ketones (excluding diaryl/α,β-unsaturated/α-hetero) is 1. The molecule has 0 amide bonds. The molecule has 122 valence electrons. The number of hydrogen-bond donors (Lipinski definition) is 1. The lowest BCUT2D eigenvalue weighted by Crippen LogP contribution is -2.34. The third-order valence-corrected chi connectivity index (χ3v) is 3.60. The van der Waals surface area contributed by atoms with Crippen LogP contribution in [0, 0.1) is 0 Å². The first kappa shape index (κ1) is 18.4. The Bertz CT molecular complexity index is 521. The maximum atomic E-state index is 11.3. The van der Waals surface area contributed by atoms with E-state index in [-0.39, 0.29) is 5.78 Å². The van der Waals surface area contributed by atoms with Crippen molar-refractivity contribution < 1.29 is 19.4 Å². The van der Waals surface area contributed by atoms with Crippen LogP contribution in [0.2, 0.25) is 0 Å². The Hall–Kier alpha value is -1.65. The molecule has 0 aliphatic rings. The summed E-state index contributed by atoms with van der Waals surface area (Å²) in [5.41, 5.74) is -0.203. The van der Waals surface area contributed by atoms with Crippen LogP contribution in [0.4, 0.5) is 0 Å². The molecule has 0 unspecified atom stereocenters. The van der Waals surface area contributed by atoms with Gasteiger partial charge in [0.25, 0.3) is 0 Å². The summed E-state index contributed by atoms with van der Waals surface area (Å²) in [7, 11) is 0. The van der Waals surface area contributed by atoms with Crippen LogP contribution in [0.15, 0.2) is 30.8 Å². The van der Waals surface area contributed by atoms with Gasteiger partial charge in [0.1, 0.15) is 18.0 Å². The second kappa shape index (κ2) is 7.07. The molecule has 1 aromatic carbocycles.